The average Bonchev–Trinajstić information content (AvgIpc) is 3.30. The summed E-state index contributed by atoms with van der Waals surface area (Å²) in [5.41, 5.74) is -0.575. The van der Waals surface area contributed by atoms with Gasteiger partial charge in [0.05, 0.1) is 18.7 Å². The van der Waals surface area contributed by atoms with Gasteiger partial charge >= 0.3 is 6.18 Å². The number of benzene rings is 1. The molecule has 3 rings (SSSR count). The Morgan fingerprint density at radius 1 is 1.24 bits per heavy atom. The van der Waals surface area contributed by atoms with Crippen molar-refractivity contribution in [3.8, 4) is 0 Å². The minimum Gasteiger partial charge on any atom is -0.370 e. The monoisotopic (exact) mass is 299 g/mol. The molecule has 0 spiro atoms. The highest BCUT2D eigenvalue weighted by Crippen LogP contribution is 2.37. The number of nitrogens with zero attached hydrogens (tertiary/aromatic N) is 1. The van der Waals surface area contributed by atoms with Crippen molar-refractivity contribution in [2.45, 2.75) is 25.1 Å². The van der Waals surface area contributed by atoms with E-state index in [1.54, 1.807) is 11.0 Å². The van der Waals surface area contributed by atoms with Gasteiger partial charge in [-0.1, -0.05) is 18.2 Å². The van der Waals surface area contributed by atoms with Gasteiger partial charge in [0.1, 0.15) is 6.10 Å². The molecule has 3 nitrogen and oxygen atoms in total. The summed E-state index contributed by atoms with van der Waals surface area (Å²) in [6, 6.07) is 5.41. The average molecular weight is 299 g/mol. The molecule has 2 aliphatic rings. The van der Waals surface area contributed by atoms with Crippen LogP contribution >= 0.6 is 0 Å². The van der Waals surface area contributed by atoms with E-state index in [2.05, 4.69) is 0 Å². The van der Waals surface area contributed by atoms with E-state index in [0.717, 1.165) is 18.9 Å². The number of ether oxygens (including phenoxy) is 1. The van der Waals surface area contributed by atoms with Crippen molar-refractivity contribution in [2.75, 3.05) is 19.7 Å². The van der Waals surface area contributed by atoms with Crippen LogP contribution in [0.15, 0.2) is 24.3 Å². The first kappa shape index (κ1) is 14.4. The molecule has 1 aromatic rings. The normalized spacial score (nSPS) is 23.2. The number of halogens is 3. The summed E-state index contributed by atoms with van der Waals surface area (Å²) in [5.74, 6) is 0.120. The van der Waals surface area contributed by atoms with Crippen LogP contribution in [-0.2, 0) is 15.7 Å². The van der Waals surface area contributed by atoms with Crippen LogP contribution in [0.25, 0.3) is 0 Å². The number of morpholine rings is 1. The summed E-state index contributed by atoms with van der Waals surface area (Å²) < 4.78 is 44.7. The highest BCUT2D eigenvalue weighted by atomic mass is 19.4. The number of carbonyl (C=O) groups is 1. The second-order valence-electron chi connectivity index (χ2n) is 5.50. The van der Waals surface area contributed by atoms with Gasteiger partial charge in [-0.25, -0.2) is 0 Å². The van der Waals surface area contributed by atoms with Crippen LogP contribution in [0.3, 0.4) is 0 Å². The number of hydrogen-bond donors (Lipinski definition) is 0. The molecule has 0 unspecified atom stereocenters. The Kier molecular flexibility index (Phi) is 3.65. The molecular formula is C15H16F3NO2. The third kappa shape index (κ3) is 3.05. The van der Waals surface area contributed by atoms with Crippen molar-refractivity contribution in [2.24, 2.45) is 5.92 Å². The van der Waals surface area contributed by atoms with Crippen molar-refractivity contribution in [3.63, 3.8) is 0 Å². The molecule has 1 aliphatic carbocycles. The maximum atomic E-state index is 13.1. The van der Waals surface area contributed by atoms with Crippen LogP contribution in [0.2, 0.25) is 0 Å². The lowest BCUT2D eigenvalue weighted by Crippen LogP contribution is -2.43. The molecule has 1 saturated heterocycles. The zero-order valence-corrected chi connectivity index (χ0v) is 11.4. The third-order valence-corrected chi connectivity index (χ3v) is 3.92. The predicted molar refractivity (Wildman–Crippen MR) is 69.4 cm³/mol. The smallest absolute Gasteiger partial charge is 0.370 e. The van der Waals surface area contributed by atoms with Crippen LogP contribution in [0, 0.1) is 5.92 Å². The van der Waals surface area contributed by atoms with Crippen LogP contribution in [-0.4, -0.2) is 30.5 Å². The van der Waals surface area contributed by atoms with E-state index >= 15 is 0 Å². The summed E-state index contributed by atoms with van der Waals surface area (Å²) in [7, 11) is 0. The molecule has 1 aromatic carbocycles. The Hall–Kier alpha value is -1.56. The number of alkyl halides is 3. The number of amides is 1. The van der Waals surface area contributed by atoms with E-state index in [4.69, 9.17) is 4.74 Å². The molecule has 114 valence electrons. The van der Waals surface area contributed by atoms with Gasteiger partial charge < -0.3 is 9.64 Å². The predicted octanol–water partition coefficient (Wildman–Crippen LogP) is 3.02. The lowest BCUT2D eigenvalue weighted by molar-refractivity contribution is -0.144. The zero-order chi connectivity index (χ0) is 15.0. The summed E-state index contributed by atoms with van der Waals surface area (Å²) in [5, 5.41) is 0. The second kappa shape index (κ2) is 5.33. The lowest BCUT2D eigenvalue weighted by Gasteiger charge is -2.34. The van der Waals surface area contributed by atoms with Crippen molar-refractivity contribution >= 4 is 5.91 Å². The first-order valence-electron chi connectivity index (χ1n) is 7.03. The third-order valence-electron chi connectivity index (χ3n) is 3.92. The van der Waals surface area contributed by atoms with Crippen LogP contribution < -0.4 is 0 Å². The van der Waals surface area contributed by atoms with Crippen molar-refractivity contribution in [3.05, 3.63) is 35.4 Å². The molecule has 1 saturated carbocycles. The summed E-state index contributed by atoms with van der Waals surface area (Å²) >= 11 is 0. The molecule has 0 N–H and O–H groups in total. The van der Waals surface area contributed by atoms with Gasteiger partial charge in [0.25, 0.3) is 0 Å². The SMILES string of the molecule is O=C(C1CC1)N1CCO[C@H](c2ccccc2C(F)(F)F)C1. The Labute approximate surface area is 120 Å². The summed E-state index contributed by atoms with van der Waals surface area (Å²) in [4.78, 5) is 13.7. The fraction of sp³-hybridized carbons (Fsp3) is 0.533. The highest BCUT2D eigenvalue weighted by Gasteiger charge is 2.39. The molecule has 1 atom stereocenters. The molecule has 1 amide bonds. The molecule has 1 aliphatic heterocycles. The van der Waals surface area contributed by atoms with Gasteiger partial charge in [-0.2, -0.15) is 13.2 Å². The van der Waals surface area contributed by atoms with E-state index in [0.29, 0.717) is 6.54 Å². The first-order chi connectivity index (χ1) is 9.97. The van der Waals surface area contributed by atoms with Crippen molar-refractivity contribution < 1.29 is 22.7 Å². The maximum absolute atomic E-state index is 13.1. The quantitative estimate of drug-likeness (QED) is 0.840. The topological polar surface area (TPSA) is 29.5 Å². The molecule has 6 heteroatoms. The molecule has 21 heavy (non-hydrogen) atoms. The molecule has 0 aromatic heterocycles. The summed E-state index contributed by atoms with van der Waals surface area (Å²) in [6.07, 6.45) is -3.35. The van der Waals surface area contributed by atoms with Gasteiger partial charge in [0.2, 0.25) is 5.91 Å². The van der Waals surface area contributed by atoms with Gasteiger partial charge in [0.15, 0.2) is 0 Å². The Morgan fingerprint density at radius 2 is 1.95 bits per heavy atom. The van der Waals surface area contributed by atoms with E-state index in [1.807, 2.05) is 0 Å². The number of rotatable bonds is 2. The molecule has 0 bridgehead atoms. The van der Waals surface area contributed by atoms with Crippen molar-refractivity contribution in [1.82, 2.24) is 4.90 Å². The molecular weight excluding hydrogens is 283 g/mol. The van der Waals surface area contributed by atoms with Gasteiger partial charge in [0, 0.05) is 12.5 Å². The first-order valence-corrected chi connectivity index (χ1v) is 7.03. The lowest BCUT2D eigenvalue weighted by atomic mass is 10.0. The zero-order valence-electron chi connectivity index (χ0n) is 11.4. The minimum atomic E-state index is -4.41. The fourth-order valence-electron chi connectivity index (χ4n) is 2.66. The van der Waals surface area contributed by atoms with Gasteiger partial charge in [-0.15, -0.1) is 0 Å². The Morgan fingerprint density at radius 3 is 2.62 bits per heavy atom. The Balaban J connectivity index is 1.81. The van der Waals surface area contributed by atoms with Gasteiger partial charge in [-0.3, -0.25) is 4.79 Å². The highest BCUT2D eigenvalue weighted by molar-refractivity contribution is 5.81. The minimum absolute atomic E-state index is 0.0489. The standard InChI is InChI=1S/C15H16F3NO2/c16-15(17,18)12-4-2-1-3-11(12)13-9-19(7-8-21-13)14(20)10-5-6-10/h1-4,10,13H,5-9H2/t13-/m0/s1. The van der Waals surface area contributed by atoms with Gasteiger partial charge in [-0.05, 0) is 24.5 Å². The van der Waals surface area contributed by atoms with E-state index < -0.39 is 17.8 Å². The van der Waals surface area contributed by atoms with Crippen LogP contribution in [0.1, 0.15) is 30.1 Å². The maximum Gasteiger partial charge on any atom is 0.416 e. The second-order valence-corrected chi connectivity index (χ2v) is 5.50. The molecule has 0 radical (unpaired) electrons. The fourth-order valence-corrected chi connectivity index (χ4v) is 2.66. The number of hydrogen-bond acceptors (Lipinski definition) is 2. The number of carbonyl (C=O) groups excluding carboxylic acids is 1. The molecule has 1 heterocycles. The summed E-state index contributed by atoms with van der Waals surface area (Å²) in [6.45, 7) is 0.928. The van der Waals surface area contributed by atoms with E-state index in [-0.39, 0.29) is 30.5 Å². The van der Waals surface area contributed by atoms with E-state index in [1.165, 1.54) is 12.1 Å². The van der Waals surface area contributed by atoms with Crippen LogP contribution in [0.5, 0.6) is 0 Å². The molecule has 2 fully saturated rings. The van der Waals surface area contributed by atoms with Crippen molar-refractivity contribution in [1.29, 1.82) is 0 Å². The van der Waals surface area contributed by atoms with E-state index in [9.17, 15) is 18.0 Å². The largest absolute Gasteiger partial charge is 0.416 e. The van der Waals surface area contributed by atoms with Crippen LogP contribution in [0.4, 0.5) is 13.2 Å². The Bertz CT molecular complexity index is 540.